The number of anilines is 1. The van der Waals surface area contributed by atoms with Crippen molar-refractivity contribution in [1.82, 2.24) is 4.98 Å². The Hall–Kier alpha value is -1.84. The fraction of sp³-hybridized carbons (Fsp3) is 0.333. The third-order valence-corrected chi connectivity index (χ3v) is 2.02. The molecular formula is C12H16N2O2. The van der Waals surface area contributed by atoms with Gasteiger partial charge in [-0.1, -0.05) is 12.1 Å². The van der Waals surface area contributed by atoms with Gasteiger partial charge in [0, 0.05) is 0 Å². The van der Waals surface area contributed by atoms with Crippen LogP contribution >= 0.6 is 0 Å². The lowest BCUT2D eigenvalue weighted by molar-refractivity contribution is -0.142. The maximum atomic E-state index is 11.1. The number of nitrogen functional groups attached to an aromatic ring is 1. The molecule has 86 valence electrons. The largest absolute Gasteiger partial charge is 0.466 e. The SMILES string of the molecule is CCOC(=O)CC=Cc1nc(N)ccc1C. The Morgan fingerprint density at radius 3 is 3.00 bits per heavy atom. The van der Waals surface area contributed by atoms with Gasteiger partial charge in [0.1, 0.15) is 5.82 Å². The molecule has 1 aromatic rings. The number of carbonyl (C=O) groups is 1. The summed E-state index contributed by atoms with van der Waals surface area (Å²) in [4.78, 5) is 15.2. The number of pyridine rings is 1. The third-order valence-electron chi connectivity index (χ3n) is 2.02. The lowest BCUT2D eigenvalue weighted by Gasteiger charge is -2.00. The van der Waals surface area contributed by atoms with E-state index in [4.69, 9.17) is 10.5 Å². The van der Waals surface area contributed by atoms with Crippen LogP contribution in [-0.4, -0.2) is 17.6 Å². The first-order valence-corrected chi connectivity index (χ1v) is 5.18. The minimum atomic E-state index is -0.236. The van der Waals surface area contributed by atoms with Crippen LogP contribution in [0.25, 0.3) is 6.08 Å². The summed E-state index contributed by atoms with van der Waals surface area (Å²) in [6.45, 7) is 4.13. The molecule has 0 atom stereocenters. The number of nitrogens with two attached hydrogens (primary N) is 1. The molecule has 0 aliphatic rings. The molecule has 16 heavy (non-hydrogen) atoms. The summed E-state index contributed by atoms with van der Waals surface area (Å²) in [5, 5.41) is 0. The summed E-state index contributed by atoms with van der Waals surface area (Å²) in [6.07, 6.45) is 3.76. The molecule has 0 aliphatic carbocycles. The van der Waals surface area contributed by atoms with Crippen LogP contribution in [0.4, 0.5) is 5.82 Å². The van der Waals surface area contributed by atoms with Crippen LogP contribution in [0, 0.1) is 6.92 Å². The second-order valence-corrected chi connectivity index (χ2v) is 3.35. The van der Waals surface area contributed by atoms with Crippen molar-refractivity contribution < 1.29 is 9.53 Å². The lowest BCUT2D eigenvalue weighted by Crippen LogP contribution is -2.01. The first-order valence-electron chi connectivity index (χ1n) is 5.18. The Morgan fingerprint density at radius 2 is 2.31 bits per heavy atom. The van der Waals surface area contributed by atoms with Crippen molar-refractivity contribution in [2.24, 2.45) is 0 Å². The second-order valence-electron chi connectivity index (χ2n) is 3.35. The van der Waals surface area contributed by atoms with E-state index in [2.05, 4.69) is 4.98 Å². The molecule has 0 fully saturated rings. The molecule has 0 amide bonds. The minimum absolute atomic E-state index is 0.236. The van der Waals surface area contributed by atoms with Gasteiger partial charge < -0.3 is 10.5 Å². The van der Waals surface area contributed by atoms with E-state index in [1.54, 1.807) is 25.1 Å². The van der Waals surface area contributed by atoms with Crippen molar-refractivity contribution >= 4 is 17.9 Å². The average Bonchev–Trinajstić information content (AvgIpc) is 2.23. The highest BCUT2D eigenvalue weighted by atomic mass is 16.5. The summed E-state index contributed by atoms with van der Waals surface area (Å²) in [7, 11) is 0. The van der Waals surface area contributed by atoms with Gasteiger partial charge in [-0.3, -0.25) is 4.79 Å². The lowest BCUT2D eigenvalue weighted by atomic mass is 10.2. The number of rotatable bonds is 4. The normalized spacial score (nSPS) is 10.6. The summed E-state index contributed by atoms with van der Waals surface area (Å²) in [5.41, 5.74) is 7.37. The zero-order valence-electron chi connectivity index (χ0n) is 9.56. The Labute approximate surface area is 95.1 Å². The molecule has 0 aliphatic heterocycles. The number of aromatic nitrogens is 1. The number of esters is 1. The Kier molecular flexibility index (Phi) is 4.51. The van der Waals surface area contributed by atoms with Crippen LogP contribution in [0.1, 0.15) is 24.6 Å². The molecule has 1 heterocycles. The van der Waals surface area contributed by atoms with E-state index in [-0.39, 0.29) is 12.4 Å². The van der Waals surface area contributed by atoms with E-state index in [1.165, 1.54) is 0 Å². The van der Waals surface area contributed by atoms with Gasteiger partial charge in [0.15, 0.2) is 0 Å². The van der Waals surface area contributed by atoms with Gasteiger partial charge >= 0.3 is 5.97 Å². The van der Waals surface area contributed by atoms with E-state index < -0.39 is 0 Å². The molecule has 0 unspecified atom stereocenters. The number of hydrogen-bond acceptors (Lipinski definition) is 4. The Balaban J connectivity index is 2.62. The van der Waals surface area contributed by atoms with Crippen LogP contribution in [-0.2, 0) is 9.53 Å². The Bertz CT molecular complexity index is 400. The molecule has 0 spiro atoms. The zero-order chi connectivity index (χ0) is 12.0. The highest BCUT2D eigenvalue weighted by Gasteiger charge is 1.99. The van der Waals surface area contributed by atoms with E-state index in [0.717, 1.165) is 11.3 Å². The molecule has 4 nitrogen and oxygen atoms in total. The average molecular weight is 220 g/mol. The van der Waals surface area contributed by atoms with E-state index in [1.807, 2.05) is 13.0 Å². The van der Waals surface area contributed by atoms with Crippen LogP contribution in [0.2, 0.25) is 0 Å². The molecule has 0 radical (unpaired) electrons. The number of carbonyl (C=O) groups excluding carboxylic acids is 1. The highest BCUT2D eigenvalue weighted by molar-refractivity contribution is 5.72. The number of nitrogens with zero attached hydrogens (tertiary/aromatic N) is 1. The molecule has 0 saturated heterocycles. The van der Waals surface area contributed by atoms with Gasteiger partial charge in [-0.15, -0.1) is 0 Å². The standard InChI is InChI=1S/C12H16N2O2/c1-3-16-12(15)6-4-5-10-9(2)7-8-11(13)14-10/h4-5,7-8H,3,6H2,1-2H3,(H2,13,14). The summed E-state index contributed by atoms with van der Waals surface area (Å²) in [6, 6.07) is 3.64. The fourth-order valence-corrected chi connectivity index (χ4v) is 1.22. The van der Waals surface area contributed by atoms with Crippen molar-refractivity contribution in [1.29, 1.82) is 0 Å². The van der Waals surface area contributed by atoms with Gasteiger partial charge in [-0.2, -0.15) is 0 Å². The van der Waals surface area contributed by atoms with Crippen LogP contribution in [0.5, 0.6) is 0 Å². The molecule has 1 aromatic heterocycles. The maximum absolute atomic E-state index is 11.1. The summed E-state index contributed by atoms with van der Waals surface area (Å²) in [5.74, 6) is 0.238. The molecule has 4 heteroatoms. The second kappa shape index (κ2) is 5.90. The van der Waals surface area contributed by atoms with Gasteiger partial charge in [-0.25, -0.2) is 4.98 Å². The van der Waals surface area contributed by atoms with Crippen molar-refractivity contribution in [3.8, 4) is 0 Å². The van der Waals surface area contributed by atoms with E-state index in [0.29, 0.717) is 12.4 Å². The number of ether oxygens (including phenoxy) is 1. The highest BCUT2D eigenvalue weighted by Crippen LogP contribution is 2.09. The third kappa shape index (κ3) is 3.73. The zero-order valence-corrected chi connectivity index (χ0v) is 9.56. The topological polar surface area (TPSA) is 65.2 Å². The van der Waals surface area contributed by atoms with E-state index in [9.17, 15) is 4.79 Å². The predicted octanol–water partition coefficient (Wildman–Crippen LogP) is 1.94. The summed E-state index contributed by atoms with van der Waals surface area (Å²) < 4.78 is 4.80. The van der Waals surface area contributed by atoms with E-state index >= 15 is 0 Å². The quantitative estimate of drug-likeness (QED) is 0.787. The van der Waals surface area contributed by atoms with Crippen molar-refractivity contribution in [2.75, 3.05) is 12.3 Å². The van der Waals surface area contributed by atoms with Gasteiger partial charge in [0.05, 0.1) is 18.7 Å². The first-order chi connectivity index (χ1) is 7.63. The van der Waals surface area contributed by atoms with Crippen molar-refractivity contribution in [3.05, 3.63) is 29.5 Å². The number of aryl methyl sites for hydroxylation is 1. The molecule has 0 bridgehead atoms. The summed E-state index contributed by atoms with van der Waals surface area (Å²) >= 11 is 0. The molecule has 0 aromatic carbocycles. The number of hydrogen-bond donors (Lipinski definition) is 1. The molecular weight excluding hydrogens is 204 g/mol. The minimum Gasteiger partial charge on any atom is -0.466 e. The Morgan fingerprint density at radius 1 is 1.56 bits per heavy atom. The van der Waals surface area contributed by atoms with Gasteiger partial charge in [0.2, 0.25) is 0 Å². The van der Waals surface area contributed by atoms with Gasteiger partial charge in [-0.05, 0) is 31.6 Å². The van der Waals surface area contributed by atoms with Crippen molar-refractivity contribution in [2.45, 2.75) is 20.3 Å². The fourth-order valence-electron chi connectivity index (χ4n) is 1.22. The molecule has 0 saturated carbocycles. The van der Waals surface area contributed by atoms with Gasteiger partial charge in [0.25, 0.3) is 0 Å². The molecule has 2 N–H and O–H groups in total. The smallest absolute Gasteiger partial charge is 0.309 e. The van der Waals surface area contributed by atoms with Crippen LogP contribution in [0.3, 0.4) is 0 Å². The molecule has 1 rings (SSSR count). The monoisotopic (exact) mass is 220 g/mol. The van der Waals surface area contributed by atoms with Crippen LogP contribution < -0.4 is 5.73 Å². The first kappa shape index (κ1) is 12.2. The maximum Gasteiger partial charge on any atom is 0.309 e. The van der Waals surface area contributed by atoms with Crippen LogP contribution in [0.15, 0.2) is 18.2 Å². The van der Waals surface area contributed by atoms with Crippen molar-refractivity contribution in [3.63, 3.8) is 0 Å². The predicted molar refractivity (Wildman–Crippen MR) is 63.7 cm³/mol.